The van der Waals surface area contributed by atoms with E-state index in [1.807, 2.05) is 13.8 Å². The van der Waals surface area contributed by atoms with Crippen LogP contribution >= 0.6 is 11.8 Å². The number of aromatic nitrogens is 3. The number of hydrogen-bond acceptors (Lipinski definition) is 6. The standard InChI is InChI=1S/C22H24N4O2S/c1-14(18-8-7-16-5-3-4-6-19(16)13-18)24-20(27)15(2)29-22-26-25-21(28-22)17-9-11-23-12-10-17/h7-15H,3-6H2,1-2H3,(H,24,27). The first-order chi connectivity index (χ1) is 14.1. The van der Waals surface area contributed by atoms with Crippen molar-refractivity contribution in [3.8, 4) is 11.5 Å². The van der Waals surface area contributed by atoms with Gasteiger partial charge in [0, 0.05) is 18.0 Å². The molecule has 1 amide bonds. The summed E-state index contributed by atoms with van der Waals surface area (Å²) >= 11 is 1.26. The topological polar surface area (TPSA) is 80.9 Å². The third kappa shape index (κ3) is 4.67. The second-order valence-corrected chi connectivity index (χ2v) is 8.63. The Bertz CT molecular complexity index is 989. The summed E-state index contributed by atoms with van der Waals surface area (Å²) in [6.07, 6.45) is 8.15. The van der Waals surface area contributed by atoms with Gasteiger partial charge in [-0.1, -0.05) is 30.0 Å². The molecule has 0 radical (unpaired) electrons. The predicted octanol–water partition coefficient (Wildman–Crippen LogP) is 4.37. The highest BCUT2D eigenvalue weighted by Gasteiger charge is 2.21. The van der Waals surface area contributed by atoms with Crippen molar-refractivity contribution in [1.82, 2.24) is 20.5 Å². The first-order valence-electron chi connectivity index (χ1n) is 9.93. The predicted molar refractivity (Wildman–Crippen MR) is 112 cm³/mol. The van der Waals surface area contributed by atoms with Gasteiger partial charge in [-0.15, -0.1) is 10.2 Å². The molecule has 29 heavy (non-hydrogen) atoms. The summed E-state index contributed by atoms with van der Waals surface area (Å²) in [5.74, 6) is 0.369. The number of amides is 1. The molecule has 2 unspecified atom stereocenters. The average Bonchev–Trinajstić information content (AvgIpc) is 3.22. The summed E-state index contributed by atoms with van der Waals surface area (Å²) in [5, 5.41) is 11.2. The Morgan fingerprint density at radius 1 is 1.07 bits per heavy atom. The molecule has 2 heterocycles. The largest absolute Gasteiger partial charge is 0.411 e. The van der Waals surface area contributed by atoms with Crippen molar-refractivity contribution < 1.29 is 9.21 Å². The maximum Gasteiger partial charge on any atom is 0.277 e. The minimum atomic E-state index is -0.346. The number of aryl methyl sites for hydroxylation is 2. The molecule has 1 aliphatic rings. The van der Waals surface area contributed by atoms with Gasteiger partial charge < -0.3 is 9.73 Å². The Morgan fingerprint density at radius 2 is 1.83 bits per heavy atom. The molecule has 1 aromatic carbocycles. The number of thioether (sulfide) groups is 1. The van der Waals surface area contributed by atoms with Crippen molar-refractivity contribution >= 4 is 17.7 Å². The summed E-state index contributed by atoms with van der Waals surface area (Å²) in [4.78, 5) is 16.6. The zero-order valence-electron chi connectivity index (χ0n) is 16.6. The monoisotopic (exact) mass is 408 g/mol. The Hall–Kier alpha value is -2.67. The lowest BCUT2D eigenvalue weighted by Gasteiger charge is -2.21. The zero-order valence-corrected chi connectivity index (χ0v) is 17.4. The molecule has 0 saturated carbocycles. The van der Waals surface area contributed by atoms with Gasteiger partial charge in [0.25, 0.3) is 5.22 Å². The molecule has 0 spiro atoms. The number of rotatable bonds is 6. The van der Waals surface area contributed by atoms with Gasteiger partial charge in [0.15, 0.2) is 0 Å². The van der Waals surface area contributed by atoms with E-state index in [4.69, 9.17) is 4.42 Å². The first-order valence-corrected chi connectivity index (χ1v) is 10.8. The molecule has 6 nitrogen and oxygen atoms in total. The van der Waals surface area contributed by atoms with Crippen LogP contribution in [0.3, 0.4) is 0 Å². The fourth-order valence-electron chi connectivity index (χ4n) is 3.51. The molecule has 0 bridgehead atoms. The molecule has 2 atom stereocenters. The first kappa shape index (κ1) is 19.6. The van der Waals surface area contributed by atoms with Crippen LogP contribution in [0.4, 0.5) is 0 Å². The number of benzene rings is 1. The van der Waals surface area contributed by atoms with E-state index in [0.29, 0.717) is 11.1 Å². The Morgan fingerprint density at radius 3 is 2.62 bits per heavy atom. The second kappa shape index (κ2) is 8.78. The van der Waals surface area contributed by atoms with Crippen LogP contribution in [0.1, 0.15) is 49.4 Å². The van der Waals surface area contributed by atoms with Crippen LogP contribution in [0.15, 0.2) is 52.4 Å². The molecule has 4 rings (SSSR count). The van der Waals surface area contributed by atoms with Crippen LogP contribution in [0.5, 0.6) is 0 Å². The number of carbonyl (C=O) groups is 1. The van der Waals surface area contributed by atoms with Gasteiger partial charge in [0.05, 0.1) is 11.3 Å². The highest BCUT2D eigenvalue weighted by Crippen LogP contribution is 2.27. The van der Waals surface area contributed by atoms with Crippen molar-refractivity contribution in [2.75, 3.05) is 0 Å². The third-order valence-electron chi connectivity index (χ3n) is 5.21. The third-order valence-corrected chi connectivity index (χ3v) is 6.15. The van der Waals surface area contributed by atoms with E-state index in [9.17, 15) is 4.79 Å². The summed E-state index contributed by atoms with van der Waals surface area (Å²) < 4.78 is 5.68. The van der Waals surface area contributed by atoms with Crippen LogP contribution in [0.2, 0.25) is 0 Å². The van der Waals surface area contributed by atoms with E-state index < -0.39 is 0 Å². The van der Waals surface area contributed by atoms with Gasteiger partial charge in [-0.25, -0.2) is 0 Å². The molecular weight excluding hydrogens is 384 g/mol. The minimum Gasteiger partial charge on any atom is -0.411 e. The molecular formula is C22H24N4O2S. The molecule has 2 aromatic heterocycles. The van der Waals surface area contributed by atoms with Gasteiger partial charge in [0.2, 0.25) is 11.8 Å². The maximum atomic E-state index is 12.7. The van der Waals surface area contributed by atoms with E-state index in [1.54, 1.807) is 24.5 Å². The van der Waals surface area contributed by atoms with E-state index in [2.05, 4.69) is 38.7 Å². The Labute approximate surface area is 174 Å². The molecule has 7 heteroatoms. The van der Waals surface area contributed by atoms with E-state index in [1.165, 1.54) is 35.7 Å². The lowest BCUT2D eigenvalue weighted by Crippen LogP contribution is -2.33. The van der Waals surface area contributed by atoms with Crippen LogP contribution in [-0.4, -0.2) is 26.3 Å². The van der Waals surface area contributed by atoms with Crippen molar-refractivity contribution in [3.05, 3.63) is 59.4 Å². The number of nitrogens with zero attached hydrogens (tertiary/aromatic N) is 3. The molecule has 0 fully saturated rings. The van der Waals surface area contributed by atoms with Crippen molar-refractivity contribution in [3.63, 3.8) is 0 Å². The lowest BCUT2D eigenvalue weighted by atomic mass is 9.89. The Balaban J connectivity index is 1.36. The smallest absolute Gasteiger partial charge is 0.277 e. The van der Waals surface area contributed by atoms with E-state index in [-0.39, 0.29) is 17.2 Å². The summed E-state index contributed by atoms with van der Waals surface area (Å²) in [6, 6.07) is 10.1. The van der Waals surface area contributed by atoms with E-state index in [0.717, 1.165) is 24.0 Å². The normalized spacial score (nSPS) is 15.4. The molecule has 3 aromatic rings. The van der Waals surface area contributed by atoms with Crippen LogP contribution in [0.25, 0.3) is 11.5 Å². The number of fused-ring (bicyclic) bond motifs is 1. The average molecular weight is 409 g/mol. The van der Waals surface area contributed by atoms with Gasteiger partial charge in [-0.3, -0.25) is 9.78 Å². The van der Waals surface area contributed by atoms with Gasteiger partial charge in [-0.05, 0) is 68.4 Å². The van der Waals surface area contributed by atoms with Crippen LogP contribution in [-0.2, 0) is 17.6 Å². The molecule has 1 aliphatic carbocycles. The van der Waals surface area contributed by atoms with Crippen molar-refractivity contribution in [2.45, 2.75) is 56.0 Å². The molecule has 0 aliphatic heterocycles. The summed E-state index contributed by atoms with van der Waals surface area (Å²) in [7, 11) is 0. The van der Waals surface area contributed by atoms with Gasteiger partial charge >= 0.3 is 0 Å². The van der Waals surface area contributed by atoms with Gasteiger partial charge in [-0.2, -0.15) is 0 Å². The molecule has 1 N–H and O–H groups in total. The van der Waals surface area contributed by atoms with Crippen molar-refractivity contribution in [1.29, 1.82) is 0 Å². The number of nitrogens with one attached hydrogen (secondary N) is 1. The van der Waals surface area contributed by atoms with E-state index >= 15 is 0 Å². The quantitative estimate of drug-likeness (QED) is 0.610. The fraction of sp³-hybridized carbons (Fsp3) is 0.364. The fourth-order valence-corrected chi connectivity index (χ4v) is 4.20. The highest BCUT2D eigenvalue weighted by atomic mass is 32.2. The zero-order chi connectivity index (χ0) is 20.2. The van der Waals surface area contributed by atoms with Gasteiger partial charge in [0.1, 0.15) is 0 Å². The van der Waals surface area contributed by atoms with Crippen LogP contribution in [0, 0.1) is 0 Å². The Kier molecular flexibility index (Phi) is 5.94. The molecule has 0 saturated heterocycles. The number of hydrogen-bond donors (Lipinski definition) is 1. The molecule has 150 valence electrons. The summed E-state index contributed by atoms with van der Waals surface area (Å²) in [5.41, 5.74) is 4.82. The van der Waals surface area contributed by atoms with Crippen molar-refractivity contribution in [2.24, 2.45) is 0 Å². The highest BCUT2D eigenvalue weighted by molar-refractivity contribution is 8.00. The SMILES string of the molecule is CC(Sc1nnc(-c2ccncc2)o1)C(=O)NC(C)c1ccc2c(c1)CCCC2. The minimum absolute atomic E-state index is 0.0483. The second-order valence-electron chi connectivity index (χ2n) is 7.33. The number of pyridine rings is 1. The maximum absolute atomic E-state index is 12.7. The summed E-state index contributed by atoms with van der Waals surface area (Å²) in [6.45, 7) is 3.87. The lowest BCUT2D eigenvalue weighted by molar-refractivity contribution is -0.120. The van der Waals surface area contributed by atoms with Crippen LogP contribution < -0.4 is 5.32 Å². The number of carbonyl (C=O) groups excluding carboxylic acids is 1.